The first-order valence-electron chi connectivity index (χ1n) is 7.31. The van der Waals surface area contributed by atoms with Gasteiger partial charge in [-0.2, -0.15) is 0 Å². The molecule has 0 radical (unpaired) electrons. The first kappa shape index (κ1) is 14.2. The molecule has 0 saturated heterocycles. The molecule has 2 rings (SSSR count). The van der Waals surface area contributed by atoms with Crippen molar-refractivity contribution in [3.05, 3.63) is 0 Å². The molecule has 5 heteroatoms. The highest BCUT2D eigenvalue weighted by atomic mass is 16.4. The van der Waals surface area contributed by atoms with Crippen LogP contribution >= 0.6 is 0 Å². The number of carbonyl (C=O) groups is 2. The quantitative estimate of drug-likeness (QED) is 0.730. The summed E-state index contributed by atoms with van der Waals surface area (Å²) in [6, 6.07) is -0.333. The van der Waals surface area contributed by atoms with Gasteiger partial charge in [0.1, 0.15) is 5.54 Å². The van der Waals surface area contributed by atoms with Crippen LogP contribution in [-0.4, -0.2) is 29.2 Å². The summed E-state index contributed by atoms with van der Waals surface area (Å²) in [7, 11) is 0. The molecule has 3 N–H and O–H groups in total. The summed E-state index contributed by atoms with van der Waals surface area (Å²) in [6.45, 7) is 2.93. The van der Waals surface area contributed by atoms with Crippen molar-refractivity contribution in [3.63, 3.8) is 0 Å². The van der Waals surface area contributed by atoms with Gasteiger partial charge in [0.05, 0.1) is 0 Å². The lowest BCUT2D eigenvalue weighted by atomic mass is 9.77. The zero-order valence-electron chi connectivity index (χ0n) is 11.6. The van der Waals surface area contributed by atoms with Gasteiger partial charge in [-0.15, -0.1) is 0 Å². The molecule has 108 valence electrons. The molecule has 2 saturated carbocycles. The molecule has 0 spiro atoms. The molecule has 2 aliphatic carbocycles. The highest BCUT2D eigenvalue weighted by molar-refractivity contribution is 5.87. The maximum absolute atomic E-state index is 11.8. The van der Waals surface area contributed by atoms with E-state index in [0.717, 1.165) is 25.2 Å². The van der Waals surface area contributed by atoms with Crippen LogP contribution in [0.3, 0.4) is 0 Å². The molecule has 19 heavy (non-hydrogen) atoms. The van der Waals surface area contributed by atoms with Crippen LogP contribution in [0.15, 0.2) is 0 Å². The SMILES string of the molecule is CC1CCC(CNC(=O)NC2(C(=O)O)CCC2)CC1. The van der Waals surface area contributed by atoms with Crippen LogP contribution < -0.4 is 10.6 Å². The number of nitrogens with one attached hydrogen (secondary N) is 2. The number of amides is 2. The number of hydrogen-bond donors (Lipinski definition) is 3. The predicted molar refractivity (Wildman–Crippen MR) is 71.9 cm³/mol. The Kier molecular flexibility index (Phi) is 4.32. The van der Waals surface area contributed by atoms with E-state index >= 15 is 0 Å². The second-order valence-corrected chi connectivity index (χ2v) is 6.20. The van der Waals surface area contributed by atoms with Gasteiger partial charge in [-0.1, -0.05) is 19.8 Å². The van der Waals surface area contributed by atoms with Gasteiger partial charge < -0.3 is 15.7 Å². The van der Waals surface area contributed by atoms with Crippen molar-refractivity contribution in [1.29, 1.82) is 0 Å². The highest BCUT2D eigenvalue weighted by Crippen LogP contribution is 2.32. The van der Waals surface area contributed by atoms with Gasteiger partial charge in [-0.3, -0.25) is 0 Å². The Bertz CT molecular complexity index is 345. The fourth-order valence-corrected chi connectivity index (χ4v) is 2.95. The fraction of sp³-hybridized carbons (Fsp3) is 0.857. The second kappa shape index (κ2) is 5.80. The van der Waals surface area contributed by atoms with Crippen LogP contribution in [-0.2, 0) is 4.79 Å². The summed E-state index contributed by atoms with van der Waals surface area (Å²) in [5, 5.41) is 14.6. The van der Waals surface area contributed by atoms with E-state index in [0.29, 0.717) is 25.3 Å². The van der Waals surface area contributed by atoms with Crippen molar-refractivity contribution in [2.45, 2.75) is 57.4 Å². The summed E-state index contributed by atoms with van der Waals surface area (Å²) in [5.74, 6) is 0.430. The van der Waals surface area contributed by atoms with E-state index in [2.05, 4.69) is 17.6 Å². The molecule has 2 aliphatic rings. The third-order valence-electron chi connectivity index (χ3n) is 4.66. The van der Waals surface area contributed by atoms with E-state index in [1.165, 1.54) is 12.8 Å². The number of urea groups is 1. The van der Waals surface area contributed by atoms with Gasteiger partial charge in [0, 0.05) is 6.54 Å². The average Bonchev–Trinajstić information content (AvgIpc) is 2.32. The second-order valence-electron chi connectivity index (χ2n) is 6.20. The van der Waals surface area contributed by atoms with E-state index in [-0.39, 0.29) is 6.03 Å². The number of carboxylic acid groups (broad SMARTS) is 1. The lowest BCUT2D eigenvalue weighted by molar-refractivity contribution is -0.148. The van der Waals surface area contributed by atoms with Crippen molar-refractivity contribution in [3.8, 4) is 0 Å². The van der Waals surface area contributed by atoms with Crippen LogP contribution in [0.5, 0.6) is 0 Å². The number of carboxylic acids is 1. The zero-order valence-corrected chi connectivity index (χ0v) is 11.6. The Morgan fingerprint density at radius 3 is 2.32 bits per heavy atom. The first-order chi connectivity index (χ1) is 9.02. The number of carbonyl (C=O) groups excluding carboxylic acids is 1. The highest BCUT2D eigenvalue weighted by Gasteiger charge is 2.45. The summed E-state index contributed by atoms with van der Waals surface area (Å²) in [4.78, 5) is 22.9. The van der Waals surface area contributed by atoms with Crippen molar-refractivity contribution >= 4 is 12.0 Å². The summed E-state index contributed by atoms with van der Waals surface area (Å²) in [6.07, 6.45) is 6.72. The van der Waals surface area contributed by atoms with Crippen LogP contribution in [0.4, 0.5) is 4.79 Å². The van der Waals surface area contributed by atoms with E-state index in [1.54, 1.807) is 0 Å². The minimum atomic E-state index is -1.01. The van der Waals surface area contributed by atoms with Crippen molar-refractivity contribution < 1.29 is 14.7 Å². The molecule has 5 nitrogen and oxygen atoms in total. The van der Waals surface area contributed by atoms with Gasteiger partial charge in [0.25, 0.3) is 0 Å². The molecule has 0 heterocycles. The molecule has 2 amide bonds. The maximum atomic E-state index is 11.8. The largest absolute Gasteiger partial charge is 0.480 e. The standard InChI is InChI=1S/C14H24N2O3/c1-10-3-5-11(6-4-10)9-15-13(19)16-14(12(17)18)7-2-8-14/h10-11H,2-9H2,1H3,(H,17,18)(H2,15,16,19). The fourth-order valence-electron chi connectivity index (χ4n) is 2.95. The van der Waals surface area contributed by atoms with Crippen LogP contribution in [0.2, 0.25) is 0 Å². The molecule has 0 aromatic carbocycles. The number of aliphatic carboxylic acids is 1. The molecule has 0 unspecified atom stereocenters. The Balaban J connectivity index is 1.71. The topological polar surface area (TPSA) is 78.4 Å². The molecule has 0 aromatic rings. The number of hydrogen-bond acceptors (Lipinski definition) is 2. The lowest BCUT2D eigenvalue weighted by Gasteiger charge is -2.38. The lowest BCUT2D eigenvalue weighted by Crippen LogP contribution is -2.61. The van der Waals surface area contributed by atoms with Crippen LogP contribution in [0.25, 0.3) is 0 Å². The third kappa shape index (κ3) is 3.39. The number of rotatable bonds is 4. The summed E-state index contributed by atoms with van der Waals surface area (Å²) >= 11 is 0. The average molecular weight is 268 g/mol. The van der Waals surface area contributed by atoms with E-state index in [4.69, 9.17) is 5.11 Å². The molecule has 0 aliphatic heterocycles. The van der Waals surface area contributed by atoms with Gasteiger partial charge in [0.15, 0.2) is 0 Å². The Morgan fingerprint density at radius 1 is 1.21 bits per heavy atom. The van der Waals surface area contributed by atoms with Crippen molar-refractivity contribution in [2.24, 2.45) is 11.8 Å². The van der Waals surface area contributed by atoms with Crippen molar-refractivity contribution in [2.75, 3.05) is 6.54 Å². The van der Waals surface area contributed by atoms with Gasteiger partial charge in [-0.05, 0) is 43.9 Å². The van der Waals surface area contributed by atoms with E-state index < -0.39 is 11.5 Å². The molecular weight excluding hydrogens is 244 g/mol. The molecule has 0 aromatic heterocycles. The Morgan fingerprint density at radius 2 is 1.84 bits per heavy atom. The predicted octanol–water partition coefficient (Wildman–Crippen LogP) is 2.12. The van der Waals surface area contributed by atoms with Gasteiger partial charge in [0.2, 0.25) is 0 Å². The Labute approximate surface area is 114 Å². The zero-order chi connectivity index (χ0) is 13.9. The minimum Gasteiger partial charge on any atom is -0.480 e. The Hall–Kier alpha value is -1.26. The molecule has 0 bridgehead atoms. The van der Waals surface area contributed by atoms with Gasteiger partial charge in [-0.25, -0.2) is 9.59 Å². The first-order valence-corrected chi connectivity index (χ1v) is 7.31. The maximum Gasteiger partial charge on any atom is 0.329 e. The monoisotopic (exact) mass is 268 g/mol. The van der Waals surface area contributed by atoms with E-state index in [1.807, 2.05) is 0 Å². The summed E-state index contributed by atoms with van der Waals surface area (Å²) < 4.78 is 0. The van der Waals surface area contributed by atoms with Crippen LogP contribution in [0, 0.1) is 11.8 Å². The summed E-state index contributed by atoms with van der Waals surface area (Å²) in [5.41, 5.74) is -1.01. The van der Waals surface area contributed by atoms with E-state index in [9.17, 15) is 9.59 Å². The van der Waals surface area contributed by atoms with Crippen LogP contribution in [0.1, 0.15) is 51.9 Å². The normalized spacial score (nSPS) is 29.1. The van der Waals surface area contributed by atoms with Crippen molar-refractivity contribution in [1.82, 2.24) is 10.6 Å². The minimum absolute atomic E-state index is 0.333. The van der Waals surface area contributed by atoms with Gasteiger partial charge >= 0.3 is 12.0 Å². The smallest absolute Gasteiger partial charge is 0.329 e. The molecule has 2 fully saturated rings. The molecular formula is C14H24N2O3. The third-order valence-corrected chi connectivity index (χ3v) is 4.66. The molecule has 0 atom stereocenters.